The fourth-order valence-corrected chi connectivity index (χ4v) is 4.07. The maximum absolute atomic E-state index is 5.51. The van der Waals surface area contributed by atoms with Gasteiger partial charge in [0.15, 0.2) is 5.96 Å². The standard InChI is InChI=1S/C20H36N6O/c1-5-21-20(22-12-19-15(2)24-25(4)16(19)3)23-18-6-9-26(10-7-18)13-17-8-11-27-14-17/h17-18H,5-14H2,1-4H3,(H2,21,22,23). The van der Waals surface area contributed by atoms with E-state index in [0.717, 1.165) is 50.4 Å². The maximum Gasteiger partial charge on any atom is 0.191 e. The Kier molecular flexibility index (Phi) is 7.13. The first-order valence-corrected chi connectivity index (χ1v) is 10.4. The summed E-state index contributed by atoms with van der Waals surface area (Å²) < 4.78 is 7.45. The van der Waals surface area contributed by atoms with Crippen LogP contribution in [-0.2, 0) is 18.3 Å². The van der Waals surface area contributed by atoms with E-state index in [1.807, 2.05) is 11.7 Å². The molecular weight excluding hydrogens is 340 g/mol. The summed E-state index contributed by atoms with van der Waals surface area (Å²) in [5.74, 6) is 1.65. The number of ether oxygens (including phenoxy) is 1. The van der Waals surface area contributed by atoms with Gasteiger partial charge in [-0.05, 0) is 46.0 Å². The molecule has 1 unspecified atom stereocenters. The van der Waals surface area contributed by atoms with E-state index >= 15 is 0 Å². The summed E-state index contributed by atoms with van der Waals surface area (Å²) in [6, 6.07) is 0.495. The Morgan fingerprint density at radius 2 is 2.04 bits per heavy atom. The molecule has 0 aromatic carbocycles. The number of aryl methyl sites for hydroxylation is 2. The van der Waals surface area contributed by atoms with Gasteiger partial charge < -0.3 is 20.3 Å². The summed E-state index contributed by atoms with van der Waals surface area (Å²) in [4.78, 5) is 7.43. The zero-order valence-corrected chi connectivity index (χ0v) is 17.4. The monoisotopic (exact) mass is 376 g/mol. The Morgan fingerprint density at radius 3 is 2.63 bits per heavy atom. The Hall–Kier alpha value is -1.60. The molecule has 0 aliphatic carbocycles. The molecule has 3 heterocycles. The molecule has 2 aliphatic rings. The van der Waals surface area contributed by atoms with Gasteiger partial charge in [-0.25, -0.2) is 4.99 Å². The summed E-state index contributed by atoms with van der Waals surface area (Å²) in [6.07, 6.45) is 3.56. The number of aromatic nitrogens is 2. The summed E-state index contributed by atoms with van der Waals surface area (Å²) in [7, 11) is 1.99. The SMILES string of the molecule is CCNC(=NCc1c(C)nn(C)c1C)NC1CCN(CC2CCOC2)CC1. The van der Waals surface area contributed by atoms with E-state index in [9.17, 15) is 0 Å². The second-order valence-electron chi connectivity index (χ2n) is 7.92. The third-order valence-electron chi connectivity index (χ3n) is 5.87. The van der Waals surface area contributed by atoms with Crippen molar-refractivity contribution in [2.24, 2.45) is 18.0 Å². The summed E-state index contributed by atoms with van der Waals surface area (Å²) in [5, 5.41) is 11.5. The van der Waals surface area contributed by atoms with Crippen molar-refractivity contribution >= 4 is 5.96 Å². The van der Waals surface area contributed by atoms with Crippen molar-refractivity contribution in [2.45, 2.75) is 52.6 Å². The van der Waals surface area contributed by atoms with E-state index in [-0.39, 0.29) is 0 Å². The number of aliphatic imine (C=N–C) groups is 1. The average Bonchev–Trinajstić information content (AvgIpc) is 3.24. The van der Waals surface area contributed by atoms with Crippen LogP contribution in [0.15, 0.2) is 4.99 Å². The first-order valence-electron chi connectivity index (χ1n) is 10.4. The topological polar surface area (TPSA) is 66.7 Å². The van der Waals surface area contributed by atoms with Gasteiger partial charge >= 0.3 is 0 Å². The molecular formula is C20H36N6O. The molecule has 0 radical (unpaired) electrons. The number of rotatable bonds is 6. The van der Waals surface area contributed by atoms with E-state index in [1.54, 1.807) is 0 Å². The molecule has 7 heteroatoms. The van der Waals surface area contributed by atoms with Crippen LogP contribution in [0.2, 0.25) is 0 Å². The molecule has 0 saturated carbocycles. The molecule has 1 aromatic rings. The molecule has 1 aromatic heterocycles. The van der Waals surface area contributed by atoms with Gasteiger partial charge in [-0.15, -0.1) is 0 Å². The van der Waals surface area contributed by atoms with E-state index < -0.39 is 0 Å². The quantitative estimate of drug-likeness (QED) is 0.583. The lowest BCUT2D eigenvalue weighted by molar-refractivity contribution is 0.150. The van der Waals surface area contributed by atoms with Gasteiger partial charge in [-0.1, -0.05) is 0 Å². The molecule has 1 atom stereocenters. The molecule has 0 amide bonds. The molecule has 2 N–H and O–H groups in total. The van der Waals surface area contributed by atoms with E-state index in [4.69, 9.17) is 9.73 Å². The van der Waals surface area contributed by atoms with Gasteiger partial charge in [-0.3, -0.25) is 4.68 Å². The van der Waals surface area contributed by atoms with Crippen LogP contribution >= 0.6 is 0 Å². The molecule has 0 bridgehead atoms. The Bertz CT molecular complexity index is 627. The average molecular weight is 377 g/mol. The molecule has 27 heavy (non-hydrogen) atoms. The predicted octanol–water partition coefficient (Wildman–Crippen LogP) is 1.59. The van der Waals surface area contributed by atoms with Crippen molar-refractivity contribution in [1.29, 1.82) is 0 Å². The number of guanidine groups is 1. The normalized spacial score (nSPS) is 22.4. The zero-order chi connectivity index (χ0) is 19.2. The third kappa shape index (κ3) is 5.45. The molecule has 7 nitrogen and oxygen atoms in total. The minimum Gasteiger partial charge on any atom is -0.381 e. The van der Waals surface area contributed by atoms with Crippen molar-refractivity contribution in [2.75, 3.05) is 39.4 Å². The lowest BCUT2D eigenvalue weighted by Crippen LogP contribution is -2.49. The number of hydrogen-bond donors (Lipinski definition) is 2. The fourth-order valence-electron chi connectivity index (χ4n) is 4.07. The van der Waals surface area contributed by atoms with E-state index in [0.29, 0.717) is 12.6 Å². The molecule has 2 aliphatic heterocycles. The van der Waals surface area contributed by atoms with Crippen LogP contribution < -0.4 is 10.6 Å². The number of nitrogens with one attached hydrogen (secondary N) is 2. The van der Waals surface area contributed by atoms with Crippen molar-refractivity contribution in [3.63, 3.8) is 0 Å². The molecule has 2 fully saturated rings. The van der Waals surface area contributed by atoms with Gasteiger partial charge in [0.05, 0.1) is 18.8 Å². The van der Waals surface area contributed by atoms with Crippen molar-refractivity contribution < 1.29 is 4.74 Å². The van der Waals surface area contributed by atoms with Crippen molar-refractivity contribution in [3.8, 4) is 0 Å². The van der Waals surface area contributed by atoms with Gasteiger partial charge in [0, 0.05) is 57.1 Å². The second kappa shape index (κ2) is 9.55. The lowest BCUT2D eigenvalue weighted by Gasteiger charge is -2.34. The highest BCUT2D eigenvalue weighted by molar-refractivity contribution is 5.80. The van der Waals surface area contributed by atoms with Gasteiger partial charge in [0.25, 0.3) is 0 Å². The lowest BCUT2D eigenvalue weighted by atomic mass is 10.0. The van der Waals surface area contributed by atoms with Crippen LogP contribution in [0.25, 0.3) is 0 Å². The van der Waals surface area contributed by atoms with Crippen molar-refractivity contribution in [3.05, 3.63) is 17.0 Å². The fraction of sp³-hybridized carbons (Fsp3) is 0.800. The minimum absolute atomic E-state index is 0.495. The molecule has 2 saturated heterocycles. The third-order valence-corrected chi connectivity index (χ3v) is 5.87. The summed E-state index contributed by atoms with van der Waals surface area (Å²) in [6.45, 7) is 13.2. The molecule has 152 valence electrons. The number of hydrogen-bond acceptors (Lipinski definition) is 4. The second-order valence-corrected chi connectivity index (χ2v) is 7.92. The van der Waals surface area contributed by atoms with Crippen LogP contribution in [0.3, 0.4) is 0 Å². The maximum atomic E-state index is 5.51. The van der Waals surface area contributed by atoms with Crippen molar-refractivity contribution in [1.82, 2.24) is 25.3 Å². The van der Waals surface area contributed by atoms with Crippen LogP contribution in [-0.4, -0.2) is 66.1 Å². The Balaban J connectivity index is 1.50. The first kappa shape index (κ1) is 20.1. The highest BCUT2D eigenvalue weighted by Crippen LogP contribution is 2.18. The predicted molar refractivity (Wildman–Crippen MR) is 109 cm³/mol. The largest absolute Gasteiger partial charge is 0.381 e. The van der Waals surface area contributed by atoms with Crippen LogP contribution in [0.5, 0.6) is 0 Å². The smallest absolute Gasteiger partial charge is 0.191 e. The number of nitrogens with zero attached hydrogens (tertiary/aromatic N) is 4. The van der Waals surface area contributed by atoms with Gasteiger partial charge in [-0.2, -0.15) is 5.10 Å². The summed E-state index contributed by atoms with van der Waals surface area (Å²) >= 11 is 0. The van der Waals surface area contributed by atoms with E-state index in [2.05, 4.69) is 41.4 Å². The van der Waals surface area contributed by atoms with Gasteiger partial charge in [0.1, 0.15) is 0 Å². The Labute approximate surface area is 163 Å². The Morgan fingerprint density at radius 1 is 1.26 bits per heavy atom. The van der Waals surface area contributed by atoms with E-state index in [1.165, 1.54) is 37.1 Å². The number of piperidine rings is 1. The van der Waals surface area contributed by atoms with Gasteiger partial charge in [0.2, 0.25) is 0 Å². The number of likely N-dealkylation sites (tertiary alicyclic amines) is 1. The van der Waals surface area contributed by atoms with Crippen LogP contribution in [0.4, 0.5) is 0 Å². The molecule has 3 rings (SSSR count). The highest BCUT2D eigenvalue weighted by atomic mass is 16.5. The molecule has 0 spiro atoms. The highest BCUT2D eigenvalue weighted by Gasteiger charge is 2.24. The summed E-state index contributed by atoms with van der Waals surface area (Å²) in [5.41, 5.74) is 3.48. The first-order chi connectivity index (χ1) is 13.1. The zero-order valence-electron chi connectivity index (χ0n) is 17.4. The van der Waals surface area contributed by atoms with Crippen LogP contribution in [0.1, 0.15) is 43.1 Å². The van der Waals surface area contributed by atoms with Crippen LogP contribution in [0, 0.1) is 19.8 Å². The minimum atomic E-state index is 0.495.